The van der Waals surface area contributed by atoms with Crippen molar-refractivity contribution in [2.45, 2.75) is 23.8 Å². The first-order valence-corrected chi connectivity index (χ1v) is 10.7. The molecule has 0 radical (unpaired) electrons. The summed E-state index contributed by atoms with van der Waals surface area (Å²) in [5, 5.41) is 3.99. The molecular formula is C20H19N3O4S. The minimum absolute atomic E-state index is 0.0612. The van der Waals surface area contributed by atoms with E-state index in [-0.39, 0.29) is 16.7 Å². The van der Waals surface area contributed by atoms with E-state index >= 15 is 0 Å². The van der Waals surface area contributed by atoms with Crippen molar-refractivity contribution in [3.05, 3.63) is 66.1 Å². The molecule has 1 saturated heterocycles. The molecule has 1 fully saturated rings. The van der Waals surface area contributed by atoms with Crippen LogP contribution >= 0.6 is 0 Å². The van der Waals surface area contributed by atoms with Crippen LogP contribution in [0.25, 0.3) is 11.4 Å². The number of carbonyl (C=O) groups excluding carboxylic acids is 1. The van der Waals surface area contributed by atoms with Crippen molar-refractivity contribution in [2.24, 2.45) is 0 Å². The van der Waals surface area contributed by atoms with Gasteiger partial charge in [-0.2, -0.15) is 4.98 Å². The number of nitrogens with zero attached hydrogens (tertiary/aromatic N) is 3. The highest BCUT2D eigenvalue weighted by atomic mass is 32.2. The SMILES string of the molecule is CS(=O)(=O)c1ccc(-c2noc(C3CC(=O)N(Cc4ccccc4)C3)n2)cc1. The Hall–Kier alpha value is -3.00. The predicted molar refractivity (Wildman–Crippen MR) is 102 cm³/mol. The third-order valence-corrected chi connectivity index (χ3v) is 5.89. The Morgan fingerprint density at radius 1 is 1.11 bits per heavy atom. The lowest BCUT2D eigenvalue weighted by Crippen LogP contribution is -2.24. The van der Waals surface area contributed by atoms with Gasteiger partial charge in [-0.1, -0.05) is 35.5 Å². The third kappa shape index (κ3) is 3.82. The number of carbonyl (C=O) groups is 1. The second-order valence-electron chi connectivity index (χ2n) is 6.91. The number of sulfone groups is 1. The highest BCUT2D eigenvalue weighted by Gasteiger charge is 2.34. The van der Waals surface area contributed by atoms with Crippen LogP contribution in [0.1, 0.15) is 23.8 Å². The van der Waals surface area contributed by atoms with E-state index in [2.05, 4.69) is 10.1 Å². The lowest BCUT2D eigenvalue weighted by molar-refractivity contribution is -0.128. The van der Waals surface area contributed by atoms with Gasteiger partial charge in [-0.25, -0.2) is 8.42 Å². The van der Waals surface area contributed by atoms with Gasteiger partial charge in [0.25, 0.3) is 0 Å². The summed E-state index contributed by atoms with van der Waals surface area (Å²) in [4.78, 5) is 18.8. The molecule has 7 nitrogen and oxygen atoms in total. The lowest BCUT2D eigenvalue weighted by atomic mass is 10.1. The van der Waals surface area contributed by atoms with Crippen molar-refractivity contribution in [2.75, 3.05) is 12.8 Å². The van der Waals surface area contributed by atoms with E-state index < -0.39 is 9.84 Å². The van der Waals surface area contributed by atoms with Crippen LogP contribution in [0.2, 0.25) is 0 Å². The highest BCUT2D eigenvalue weighted by molar-refractivity contribution is 7.90. The van der Waals surface area contributed by atoms with Gasteiger partial charge in [-0.3, -0.25) is 4.79 Å². The average molecular weight is 397 g/mol. The number of benzene rings is 2. The van der Waals surface area contributed by atoms with Crippen LogP contribution in [0.3, 0.4) is 0 Å². The second kappa shape index (κ2) is 7.20. The molecule has 2 heterocycles. The van der Waals surface area contributed by atoms with Gasteiger partial charge < -0.3 is 9.42 Å². The Labute approximate surface area is 162 Å². The van der Waals surface area contributed by atoms with Gasteiger partial charge in [0, 0.05) is 31.3 Å². The second-order valence-corrected chi connectivity index (χ2v) is 8.93. The number of rotatable bonds is 5. The van der Waals surface area contributed by atoms with E-state index in [1.807, 2.05) is 30.3 Å². The summed E-state index contributed by atoms with van der Waals surface area (Å²) in [7, 11) is -3.26. The summed E-state index contributed by atoms with van der Waals surface area (Å²) >= 11 is 0. The first-order valence-electron chi connectivity index (χ1n) is 8.86. The van der Waals surface area contributed by atoms with E-state index in [4.69, 9.17) is 4.52 Å². The van der Waals surface area contributed by atoms with Gasteiger partial charge in [-0.05, 0) is 29.8 Å². The monoisotopic (exact) mass is 397 g/mol. The first-order chi connectivity index (χ1) is 13.4. The fourth-order valence-corrected chi connectivity index (χ4v) is 3.89. The summed E-state index contributed by atoms with van der Waals surface area (Å²) in [6.45, 7) is 1.09. The Balaban J connectivity index is 1.48. The zero-order valence-corrected chi connectivity index (χ0v) is 16.1. The fraction of sp³-hybridized carbons (Fsp3) is 0.250. The first kappa shape index (κ1) is 18.4. The van der Waals surface area contributed by atoms with Crippen LogP contribution in [-0.2, 0) is 21.2 Å². The molecule has 1 aliphatic heterocycles. The van der Waals surface area contributed by atoms with Crippen molar-refractivity contribution < 1.29 is 17.7 Å². The summed E-state index contributed by atoms with van der Waals surface area (Å²) < 4.78 is 28.5. The molecule has 8 heteroatoms. The van der Waals surface area contributed by atoms with Crippen LogP contribution in [-0.4, -0.2) is 42.2 Å². The molecule has 0 aliphatic carbocycles. The number of hydrogen-bond acceptors (Lipinski definition) is 6. The standard InChI is InChI=1S/C20H19N3O4S/c1-28(25,26)17-9-7-15(8-10-17)19-21-20(27-22-19)16-11-18(24)23(13-16)12-14-5-3-2-4-6-14/h2-10,16H,11-13H2,1H3. The van der Waals surface area contributed by atoms with Crippen molar-refractivity contribution in [1.29, 1.82) is 0 Å². The molecule has 1 amide bonds. The molecular weight excluding hydrogens is 378 g/mol. The maximum absolute atomic E-state index is 12.3. The van der Waals surface area contributed by atoms with E-state index in [1.165, 1.54) is 12.1 Å². The maximum atomic E-state index is 12.3. The molecule has 3 aromatic rings. The van der Waals surface area contributed by atoms with Crippen LogP contribution in [0, 0.1) is 0 Å². The van der Waals surface area contributed by atoms with Gasteiger partial charge >= 0.3 is 0 Å². The molecule has 144 valence electrons. The summed E-state index contributed by atoms with van der Waals surface area (Å²) in [6, 6.07) is 16.2. The van der Waals surface area contributed by atoms with Crippen molar-refractivity contribution in [3.63, 3.8) is 0 Å². The molecule has 0 N–H and O–H groups in total. The van der Waals surface area contributed by atoms with E-state index in [9.17, 15) is 13.2 Å². The third-order valence-electron chi connectivity index (χ3n) is 4.76. The molecule has 0 saturated carbocycles. The predicted octanol–water partition coefficient (Wildman–Crippen LogP) is 2.66. The molecule has 1 aromatic heterocycles. The molecule has 0 bridgehead atoms. The Morgan fingerprint density at radius 2 is 1.82 bits per heavy atom. The zero-order valence-electron chi connectivity index (χ0n) is 15.3. The Bertz CT molecular complexity index is 1090. The minimum Gasteiger partial charge on any atom is -0.339 e. The fourth-order valence-electron chi connectivity index (χ4n) is 3.26. The Kier molecular flexibility index (Phi) is 4.72. The number of amides is 1. The highest BCUT2D eigenvalue weighted by Crippen LogP contribution is 2.29. The molecule has 1 atom stereocenters. The maximum Gasteiger partial charge on any atom is 0.232 e. The van der Waals surface area contributed by atoms with E-state index in [0.717, 1.165) is 11.8 Å². The van der Waals surface area contributed by atoms with E-state index in [1.54, 1.807) is 17.0 Å². The number of hydrogen-bond donors (Lipinski definition) is 0. The quantitative estimate of drug-likeness (QED) is 0.657. The minimum atomic E-state index is -3.26. The van der Waals surface area contributed by atoms with Crippen molar-refractivity contribution >= 4 is 15.7 Å². The average Bonchev–Trinajstić information content (AvgIpc) is 3.30. The van der Waals surface area contributed by atoms with Crippen molar-refractivity contribution in [3.8, 4) is 11.4 Å². The zero-order chi connectivity index (χ0) is 19.7. The number of likely N-dealkylation sites (tertiary alicyclic amines) is 1. The molecule has 1 aliphatic rings. The number of aromatic nitrogens is 2. The van der Waals surface area contributed by atoms with Crippen LogP contribution in [0.5, 0.6) is 0 Å². The normalized spacial score (nSPS) is 17.2. The summed E-state index contributed by atoms with van der Waals surface area (Å²) in [6.07, 6.45) is 1.49. The molecule has 0 spiro atoms. The van der Waals surface area contributed by atoms with Crippen LogP contribution in [0.4, 0.5) is 0 Å². The Morgan fingerprint density at radius 3 is 2.50 bits per heavy atom. The van der Waals surface area contributed by atoms with Crippen molar-refractivity contribution in [1.82, 2.24) is 15.0 Å². The molecule has 28 heavy (non-hydrogen) atoms. The van der Waals surface area contributed by atoms with Gasteiger partial charge in [0.1, 0.15) is 0 Å². The topological polar surface area (TPSA) is 93.4 Å². The summed E-state index contributed by atoms with van der Waals surface area (Å²) in [5.41, 5.74) is 1.74. The van der Waals surface area contributed by atoms with E-state index in [0.29, 0.717) is 36.8 Å². The van der Waals surface area contributed by atoms with Crippen LogP contribution in [0.15, 0.2) is 64.0 Å². The van der Waals surface area contributed by atoms with Gasteiger partial charge in [0.15, 0.2) is 9.84 Å². The molecule has 1 unspecified atom stereocenters. The summed E-state index contributed by atoms with van der Waals surface area (Å²) in [5.74, 6) is 0.717. The van der Waals surface area contributed by atoms with Gasteiger partial charge in [0.05, 0.1) is 10.8 Å². The van der Waals surface area contributed by atoms with Gasteiger partial charge in [0.2, 0.25) is 17.6 Å². The largest absolute Gasteiger partial charge is 0.339 e. The smallest absolute Gasteiger partial charge is 0.232 e. The lowest BCUT2D eigenvalue weighted by Gasteiger charge is -2.15. The molecule has 2 aromatic carbocycles. The van der Waals surface area contributed by atoms with Crippen LogP contribution < -0.4 is 0 Å². The van der Waals surface area contributed by atoms with Gasteiger partial charge in [-0.15, -0.1) is 0 Å². The molecule has 4 rings (SSSR count).